The zero-order valence-electron chi connectivity index (χ0n) is 45.0. The lowest BCUT2D eigenvalue weighted by atomic mass is 9.84. The molecule has 79 heavy (non-hydrogen) atoms. The van der Waals surface area contributed by atoms with Gasteiger partial charge in [-0.3, -0.25) is 0 Å². The molecule has 2 aromatic heterocycles. The van der Waals surface area contributed by atoms with E-state index in [2.05, 4.69) is 170 Å². The molecule has 0 N–H and O–H groups in total. The summed E-state index contributed by atoms with van der Waals surface area (Å²) in [4.78, 5) is 0. The van der Waals surface area contributed by atoms with Crippen LogP contribution in [0.3, 0.4) is 0 Å². The average molecular weight is 1050 g/mol. The maximum atomic E-state index is 2.57. The summed E-state index contributed by atoms with van der Waals surface area (Å²) in [5.74, 6) is 0. The van der Waals surface area contributed by atoms with E-state index in [1.54, 1.807) is 44.5 Å². The maximum Gasteiger partial charge on any atom is 0.0434 e. The lowest BCUT2D eigenvalue weighted by molar-refractivity contribution is 0.687. The Kier molecular flexibility index (Phi) is 11.0. The third-order valence-corrected chi connectivity index (χ3v) is 21.9. The van der Waals surface area contributed by atoms with Gasteiger partial charge in [0, 0.05) is 51.5 Å². The summed E-state index contributed by atoms with van der Waals surface area (Å²) in [6.45, 7) is 0. The van der Waals surface area contributed by atoms with E-state index in [-0.39, 0.29) is 0 Å². The summed E-state index contributed by atoms with van der Waals surface area (Å²) < 4.78 is 5.53. The van der Waals surface area contributed by atoms with E-state index in [1.807, 2.05) is 22.7 Å². The summed E-state index contributed by atoms with van der Waals surface area (Å²) in [6, 6.07) is 68.3. The minimum atomic E-state index is 0.964. The number of hydrogen-bond acceptors (Lipinski definition) is 2. The molecule has 5 aliphatic carbocycles. The molecule has 0 spiro atoms. The Hall–Kier alpha value is -7.36. The van der Waals surface area contributed by atoms with Gasteiger partial charge in [0.2, 0.25) is 0 Å². The molecule has 17 rings (SSSR count). The summed E-state index contributed by atoms with van der Waals surface area (Å²) >= 11 is 3.97. The fourth-order valence-corrected chi connectivity index (χ4v) is 17.9. The largest absolute Gasteiger partial charge is 0.135 e. The molecule has 0 bridgehead atoms. The number of hydrogen-bond donors (Lipinski definition) is 0. The van der Waals surface area contributed by atoms with Gasteiger partial charge in [-0.1, -0.05) is 109 Å². The van der Waals surface area contributed by atoms with Crippen LogP contribution in [0.2, 0.25) is 0 Å². The van der Waals surface area contributed by atoms with E-state index in [0.29, 0.717) is 0 Å². The van der Waals surface area contributed by atoms with Gasteiger partial charge >= 0.3 is 0 Å². The molecule has 2 heterocycles. The number of benzene rings is 10. The van der Waals surface area contributed by atoms with E-state index in [1.165, 1.54) is 219 Å². The monoisotopic (exact) mass is 1050 g/mol. The molecule has 382 valence electrons. The Morgan fingerprint density at radius 1 is 0.228 bits per heavy atom. The Morgan fingerprint density at radius 2 is 0.544 bits per heavy atom. The van der Waals surface area contributed by atoms with Gasteiger partial charge in [0.15, 0.2) is 0 Å². The molecule has 0 saturated heterocycles. The summed E-state index contributed by atoms with van der Waals surface area (Å²) in [5.41, 5.74) is 34.5. The van der Waals surface area contributed by atoms with Crippen LogP contribution in [0.5, 0.6) is 0 Å². The van der Waals surface area contributed by atoms with Crippen LogP contribution in [0.15, 0.2) is 170 Å². The summed E-state index contributed by atoms with van der Waals surface area (Å²) in [7, 11) is 0. The zero-order valence-corrected chi connectivity index (χ0v) is 46.6. The van der Waals surface area contributed by atoms with Gasteiger partial charge in [0.05, 0.1) is 0 Å². The number of fused-ring (bicyclic) bond motifs is 13. The normalized spacial score (nSPS) is 15.5. The third-order valence-electron chi connectivity index (χ3n) is 19.5. The van der Waals surface area contributed by atoms with Crippen molar-refractivity contribution < 1.29 is 0 Å². The van der Waals surface area contributed by atoms with Crippen LogP contribution in [-0.2, 0) is 57.8 Å². The van der Waals surface area contributed by atoms with Crippen LogP contribution in [0.25, 0.3) is 118 Å². The molecule has 0 radical (unpaired) electrons. The Balaban J connectivity index is 0.833. The quantitative estimate of drug-likeness (QED) is 0.156. The lowest BCUT2D eigenvalue weighted by Gasteiger charge is -2.20. The van der Waals surface area contributed by atoms with Crippen LogP contribution in [0, 0.1) is 0 Å². The first-order valence-electron chi connectivity index (χ1n) is 29.8. The average Bonchev–Trinajstić information content (AvgIpc) is 4.28. The van der Waals surface area contributed by atoms with Crippen molar-refractivity contribution in [1.29, 1.82) is 0 Å². The second-order valence-electron chi connectivity index (χ2n) is 23.9. The molecule has 0 fully saturated rings. The third kappa shape index (κ3) is 7.65. The molecule has 5 aliphatic rings. The van der Waals surface area contributed by atoms with Gasteiger partial charge in [0.1, 0.15) is 0 Å². The van der Waals surface area contributed by atoms with Gasteiger partial charge in [0.25, 0.3) is 0 Å². The van der Waals surface area contributed by atoms with E-state index < -0.39 is 0 Å². The fourth-order valence-electron chi connectivity index (χ4n) is 15.5. The van der Waals surface area contributed by atoms with Gasteiger partial charge in [-0.25, -0.2) is 0 Å². The topological polar surface area (TPSA) is 0 Å². The second-order valence-corrected chi connectivity index (χ2v) is 26.1. The molecule has 0 nitrogen and oxygen atoms in total. The van der Waals surface area contributed by atoms with Crippen molar-refractivity contribution in [2.45, 2.75) is 109 Å². The Morgan fingerprint density at radius 3 is 0.937 bits per heavy atom. The smallest absolute Gasteiger partial charge is 0.0434 e. The van der Waals surface area contributed by atoms with Crippen molar-refractivity contribution in [2.75, 3.05) is 0 Å². The van der Waals surface area contributed by atoms with Crippen molar-refractivity contribution >= 4 is 63.0 Å². The minimum absolute atomic E-state index is 0.964. The van der Waals surface area contributed by atoms with Crippen molar-refractivity contribution in [3.05, 3.63) is 225 Å². The number of thiophene rings is 2. The zero-order chi connectivity index (χ0) is 51.7. The van der Waals surface area contributed by atoms with Crippen LogP contribution in [-0.4, -0.2) is 0 Å². The van der Waals surface area contributed by atoms with E-state index in [0.717, 1.165) is 19.3 Å². The van der Waals surface area contributed by atoms with Crippen molar-refractivity contribution in [2.24, 2.45) is 0 Å². The molecular weight excluding hydrogens is 989 g/mol. The first kappa shape index (κ1) is 46.5. The highest BCUT2D eigenvalue weighted by atomic mass is 32.1. The molecule has 10 aromatic carbocycles. The van der Waals surface area contributed by atoms with Gasteiger partial charge < -0.3 is 0 Å². The molecule has 0 saturated carbocycles. The Bertz CT molecular complexity index is 4240. The van der Waals surface area contributed by atoms with Crippen molar-refractivity contribution in [1.82, 2.24) is 0 Å². The first-order chi connectivity index (χ1) is 39.1. The molecule has 0 aliphatic heterocycles. The fraction of sp³-hybridized carbons (Fsp3) is 0.221. The van der Waals surface area contributed by atoms with Gasteiger partial charge in [-0.15, -0.1) is 22.7 Å². The summed E-state index contributed by atoms with van der Waals surface area (Å²) in [6.07, 6.45) is 20.7. The molecule has 0 unspecified atom stereocenters. The van der Waals surface area contributed by atoms with Crippen LogP contribution >= 0.6 is 22.7 Å². The van der Waals surface area contributed by atoms with Crippen LogP contribution in [0.4, 0.5) is 0 Å². The Labute approximate surface area is 472 Å². The lowest BCUT2D eigenvalue weighted by Crippen LogP contribution is -2.04. The predicted octanol–water partition coefficient (Wildman–Crippen LogP) is 21.5. The van der Waals surface area contributed by atoms with E-state index >= 15 is 0 Å². The highest BCUT2D eigenvalue weighted by Crippen LogP contribution is 2.50. The predicted molar refractivity (Wildman–Crippen MR) is 340 cm³/mol. The highest BCUT2D eigenvalue weighted by Gasteiger charge is 2.26. The SMILES string of the molecule is c1cc2c(c(-c3ccc4sc5c(-c6ccc7c(c6)-c6cc(-c8cc(-c9cccc%10c9CCCC%10)cc9c8sc8ccc(-c%10cccc%11c%10CCCC%11)cc89)ccc6C7)cc(-c6cccc7c6CCCC7)cc5c4c3)c1)CCCC2. The second kappa shape index (κ2) is 18.6. The standard InChI is InChI=1S/C77H62S2/c1-5-21-58-46(13-1)17-9-25-62(58)52-33-35-74-70(40-52)72-44-56(64-27-11-19-48-15-3-7-23-60(48)64)42-68(76(72)78-74)54-31-29-50-37-51-30-32-55(39-67(51)66(50)38-54)69-43-57(65-28-12-20-49-16-4-8-24-61(49)65)45-73-71-41-53(34-36-75(71)79-77(69)73)63-26-10-18-47-14-2-6-22-59(47)63/h9-12,17-20,25-36,38-45H,1-8,13-16,21-24,37H2. The number of rotatable bonds is 6. The van der Waals surface area contributed by atoms with Crippen molar-refractivity contribution in [3.63, 3.8) is 0 Å². The molecule has 0 amide bonds. The number of aryl methyl sites for hydroxylation is 4. The maximum absolute atomic E-state index is 2.57. The van der Waals surface area contributed by atoms with Crippen molar-refractivity contribution in [3.8, 4) is 77.9 Å². The van der Waals surface area contributed by atoms with Gasteiger partial charge in [-0.05, 0) is 292 Å². The first-order valence-corrected chi connectivity index (χ1v) is 31.5. The van der Waals surface area contributed by atoms with Crippen LogP contribution < -0.4 is 0 Å². The van der Waals surface area contributed by atoms with E-state index in [9.17, 15) is 0 Å². The van der Waals surface area contributed by atoms with Crippen LogP contribution in [0.1, 0.15) is 107 Å². The minimum Gasteiger partial charge on any atom is -0.135 e. The molecule has 12 aromatic rings. The van der Waals surface area contributed by atoms with E-state index in [4.69, 9.17) is 0 Å². The highest BCUT2D eigenvalue weighted by molar-refractivity contribution is 7.26. The summed E-state index contributed by atoms with van der Waals surface area (Å²) in [5, 5.41) is 5.54. The molecule has 2 heteroatoms. The van der Waals surface area contributed by atoms with Gasteiger partial charge in [-0.2, -0.15) is 0 Å². The molecular formula is C77H62S2. The molecule has 0 atom stereocenters.